The van der Waals surface area contributed by atoms with E-state index in [4.69, 9.17) is 28.4 Å². The maximum absolute atomic E-state index is 12.7. The van der Waals surface area contributed by atoms with Gasteiger partial charge in [-0.15, -0.1) is 0 Å². The van der Waals surface area contributed by atoms with Gasteiger partial charge >= 0.3 is 35.8 Å². The normalized spacial score (nSPS) is 12.7. The van der Waals surface area contributed by atoms with Crippen LogP contribution in [0.2, 0.25) is 0 Å². The van der Waals surface area contributed by atoms with Crippen LogP contribution in [0.25, 0.3) is 0 Å². The number of aliphatic hydroxyl groups excluding tert-OH is 2. The number of hydrogen-bond donors (Lipinski definition) is 2. The Bertz CT molecular complexity index is 1560. The Kier molecular flexibility index (Phi) is 64.8. The molecule has 0 fully saturated rings. The van der Waals surface area contributed by atoms with Crippen molar-refractivity contribution in [2.24, 2.45) is 0 Å². The van der Waals surface area contributed by atoms with Crippen LogP contribution in [0.3, 0.4) is 0 Å². The zero-order valence-electron chi connectivity index (χ0n) is 50.5. The number of esters is 6. The lowest BCUT2D eigenvalue weighted by atomic mass is 10.0. The van der Waals surface area contributed by atoms with Crippen molar-refractivity contribution >= 4 is 35.8 Å². The molecule has 18 heteroatoms. The molecule has 4 atom stereocenters. The van der Waals surface area contributed by atoms with Crippen LogP contribution in [0.4, 0.5) is 0 Å². The standard InChI is InChI=1S/C32H58NO9.C28H54NO5.2CH4.2ClH/c1-6-8-15-20-29(42-32(38)26-33(4,5)22-23-40-30(36)18-7-2)28(35)19-16-13-11-9-10-12-14-17-21-31(37)41-25-24-39-27(3)34;1-6-9-11-12-13-14-15-16-18-20-25(30)26(21-17-10-7-2)34-28(32)24-29(4,5)22-23-33-27(31)19-8-3;;;;/h13,16,28-29,35H,6-12,14-15,17-26H2,1-5H3;16,18,25-26,30H,6-15,17,19-24H2,1-5H3;2*1H4;2*1H/q2*+1;;;;/p-2/b16-13-;18-16-;;;;. The molecule has 4 unspecified atom stereocenters. The van der Waals surface area contributed by atoms with Crippen LogP contribution >= 0.6 is 0 Å². The molecule has 0 amide bonds. The van der Waals surface area contributed by atoms with Crippen molar-refractivity contribution in [2.75, 3.05) is 80.8 Å². The number of hydrogen-bond acceptors (Lipinski definition) is 14. The number of carbonyl (C=O) groups is 6. The molecule has 0 aromatic carbocycles. The van der Waals surface area contributed by atoms with Crippen molar-refractivity contribution in [3.63, 3.8) is 0 Å². The fraction of sp³-hybridized carbons (Fsp3) is 0.839. The molecule has 0 aliphatic rings. The minimum atomic E-state index is -0.763. The number of quaternary nitrogens is 2. The van der Waals surface area contributed by atoms with Gasteiger partial charge in [0.2, 0.25) is 0 Å². The number of aliphatic hydroxyl groups is 2. The Morgan fingerprint density at radius 2 is 0.750 bits per heavy atom. The Morgan fingerprint density at radius 1 is 0.412 bits per heavy atom. The average molecular weight is 1190 g/mol. The lowest BCUT2D eigenvalue weighted by Crippen LogP contribution is -3.00. The Balaban J connectivity index is -0.000000332. The maximum atomic E-state index is 12.7. The predicted molar refractivity (Wildman–Crippen MR) is 314 cm³/mol. The summed E-state index contributed by atoms with van der Waals surface area (Å²) in [7, 11) is 7.62. The number of halogens is 2. The highest BCUT2D eigenvalue weighted by Crippen LogP contribution is 2.18. The van der Waals surface area contributed by atoms with Crippen molar-refractivity contribution in [1.29, 1.82) is 0 Å². The van der Waals surface area contributed by atoms with Crippen molar-refractivity contribution in [2.45, 2.75) is 261 Å². The van der Waals surface area contributed by atoms with Crippen LogP contribution in [0.1, 0.15) is 236 Å². The number of nitrogens with zero attached hydrogens (tertiary/aromatic N) is 2. The molecule has 0 aliphatic carbocycles. The lowest BCUT2D eigenvalue weighted by Gasteiger charge is -2.30. The van der Waals surface area contributed by atoms with Gasteiger partial charge in [-0.25, -0.2) is 9.59 Å². The van der Waals surface area contributed by atoms with Gasteiger partial charge in [0.1, 0.15) is 51.7 Å². The molecule has 0 aromatic rings. The Labute approximate surface area is 500 Å². The largest absolute Gasteiger partial charge is 1.00 e. The van der Waals surface area contributed by atoms with Crippen molar-refractivity contribution < 1.29 is 101 Å². The van der Waals surface area contributed by atoms with E-state index in [1.165, 1.54) is 45.4 Å². The molecule has 80 heavy (non-hydrogen) atoms. The summed E-state index contributed by atoms with van der Waals surface area (Å²) >= 11 is 0. The van der Waals surface area contributed by atoms with Gasteiger partial charge in [-0.1, -0.05) is 151 Å². The first-order chi connectivity index (χ1) is 36.3. The van der Waals surface area contributed by atoms with E-state index in [2.05, 4.69) is 32.9 Å². The Morgan fingerprint density at radius 3 is 1.14 bits per heavy atom. The first-order valence-corrected chi connectivity index (χ1v) is 29.5. The molecule has 0 bridgehead atoms. The second-order valence-corrected chi connectivity index (χ2v) is 21.6. The van der Waals surface area contributed by atoms with Crippen molar-refractivity contribution in [1.82, 2.24) is 0 Å². The number of rotatable bonds is 48. The van der Waals surface area contributed by atoms with Gasteiger partial charge in [-0.05, 0) is 83.5 Å². The maximum Gasteiger partial charge on any atom is 0.362 e. The van der Waals surface area contributed by atoms with E-state index in [-0.39, 0.29) is 115 Å². The molecule has 0 heterocycles. The van der Waals surface area contributed by atoms with Crippen LogP contribution in [0.5, 0.6) is 0 Å². The molecule has 0 saturated carbocycles. The summed E-state index contributed by atoms with van der Waals surface area (Å²) in [5, 5.41) is 21.5. The minimum absolute atomic E-state index is 0. The second kappa shape index (κ2) is 58.9. The van der Waals surface area contributed by atoms with E-state index in [0.29, 0.717) is 67.0 Å². The Hall–Kier alpha value is -3.28. The fourth-order valence-corrected chi connectivity index (χ4v) is 8.01. The molecular formula is C62H120Cl2N2O14. The lowest BCUT2D eigenvalue weighted by molar-refractivity contribution is -0.883. The van der Waals surface area contributed by atoms with E-state index in [9.17, 15) is 39.0 Å². The van der Waals surface area contributed by atoms with Crippen LogP contribution in [-0.2, 0) is 57.2 Å². The number of ether oxygens (including phenoxy) is 6. The van der Waals surface area contributed by atoms with Crippen LogP contribution < -0.4 is 24.8 Å². The molecule has 0 radical (unpaired) electrons. The van der Waals surface area contributed by atoms with E-state index in [1.54, 1.807) is 0 Å². The zero-order chi connectivity index (χ0) is 57.3. The summed E-state index contributed by atoms with van der Waals surface area (Å²) < 4.78 is 32.4. The first-order valence-electron chi connectivity index (χ1n) is 29.5. The summed E-state index contributed by atoms with van der Waals surface area (Å²) in [6, 6.07) is 0. The predicted octanol–water partition coefficient (Wildman–Crippen LogP) is 6.28. The third-order valence-electron chi connectivity index (χ3n) is 12.8. The number of unbranched alkanes of at least 4 members (excludes halogenated alkanes) is 15. The van der Waals surface area contributed by atoms with Gasteiger partial charge in [0, 0.05) is 26.2 Å². The summed E-state index contributed by atoms with van der Waals surface area (Å²) in [5.41, 5.74) is 0. The number of carbonyl (C=O) groups excluding carboxylic acids is 6. The molecule has 0 aliphatic heterocycles. The molecular weight excluding hydrogens is 1070 g/mol. The highest BCUT2D eigenvalue weighted by Gasteiger charge is 2.29. The zero-order valence-corrected chi connectivity index (χ0v) is 52.0. The third kappa shape index (κ3) is 57.9. The van der Waals surface area contributed by atoms with Gasteiger partial charge in [0.15, 0.2) is 13.1 Å². The minimum Gasteiger partial charge on any atom is -1.00 e. The van der Waals surface area contributed by atoms with E-state index in [0.717, 1.165) is 96.3 Å². The summed E-state index contributed by atoms with van der Waals surface area (Å²) in [6.45, 7) is 13.7. The highest BCUT2D eigenvalue weighted by atomic mass is 35.5. The monoisotopic (exact) mass is 1190 g/mol. The topological polar surface area (TPSA) is 198 Å². The molecule has 0 saturated heterocycles. The second-order valence-electron chi connectivity index (χ2n) is 21.6. The van der Waals surface area contributed by atoms with Gasteiger partial charge in [0.25, 0.3) is 0 Å². The molecule has 2 N–H and O–H groups in total. The fourth-order valence-electron chi connectivity index (χ4n) is 8.01. The summed E-state index contributed by atoms with van der Waals surface area (Å²) in [4.78, 5) is 70.8. The molecule has 0 spiro atoms. The van der Waals surface area contributed by atoms with E-state index >= 15 is 0 Å². The highest BCUT2D eigenvalue weighted by molar-refractivity contribution is 5.72. The average Bonchev–Trinajstić information content (AvgIpc) is 3.34. The SMILES string of the molecule is C.C.CCCCCC(OC(=O)C[N+](C)(C)CCOC(=O)CCC)C(O)C/C=C\CCCCCCCC(=O)OCCOC(C)=O.CCCCCCCC/C=C\CC(O)C(CCCCC)OC(=O)C[N+](C)(C)CCOC(=O)CCC.[Cl-].[Cl-]. The smallest absolute Gasteiger partial charge is 0.362 e. The van der Waals surface area contributed by atoms with Gasteiger partial charge in [0.05, 0.1) is 40.4 Å². The van der Waals surface area contributed by atoms with Gasteiger partial charge in [-0.2, -0.15) is 0 Å². The third-order valence-corrected chi connectivity index (χ3v) is 12.8. The molecule has 16 nitrogen and oxygen atoms in total. The number of likely N-dealkylation sites (N-methyl/N-ethyl adjacent to an activating group) is 2. The van der Waals surface area contributed by atoms with Gasteiger partial charge < -0.3 is 72.4 Å². The van der Waals surface area contributed by atoms with Gasteiger partial charge in [-0.3, -0.25) is 19.2 Å². The van der Waals surface area contributed by atoms with Crippen LogP contribution in [0, 0.1) is 0 Å². The first kappa shape index (κ1) is 88.0. The quantitative estimate of drug-likeness (QED) is 0.0227. The van der Waals surface area contributed by atoms with E-state index < -0.39 is 24.4 Å². The summed E-state index contributed by atoms with van der Waals surface area (Å²) in [5.74, 6) is -1.76. The molecule has 0 aromatic heterocycles. The van der Waals surface area contributed by atoms with E-state index in [1.807, 2.05) is 54.2 Å². The summed E-state index contributed by atoms with van der Waals surface area (Å²) in [6.07, 6.45) is 31.1. The van der Waals surface area contributed by atoms with Crippen molar-refractivity contribution in [3.05, 3.63) is 24.3 Å². The molecule has 476 valence electrons. The molecule has 0 rings (SSSR count). The van der Waals surface area contributed by atoms with Crippen molar-refractivity contribution in [3.8, 4) is 0 Å². The van der Waals surface area contributed by atoms with Crippen LogP contribution in [0.15, 0.2) is 24.3 Å². The van der Waals surface area contributed by atoms with Crippen LogP contribution in [-0.4, -0.2) is 160 Å². The number of allylic oxidation sites excluding steroid dienone is 2.